The smallest absolute Gasteiger partial charge is 0.104 e. The lowest BCUT2D eigenvalue weighted by Crippen LogP contribution is -2.06. The lowest BCUT2D eigenvalue weighted by molar-refractivity contribution is 0.102. The van der Waals surface area contributed by atoms with Crippen LogP contribution in [-0.4, -0.2) is 38.6 Å². The Balaban J connectivity index is 0.000000202. The highest BCUT2D eigenvalue weighted by Crippen LogP contribution is 2.45. The predicted molar refractivity (Wildman–Crippen MR) is 136 cm³/mol. The second-order valence-electron chi connectivity index (χ2n) is 9.03. The first-order valence-corrected chi connectivity index (χ1v) is 12.0. The molecule has 2 aliphatic heterocycles. The average molecular weight is 449 g/mol. The molecule has 0 amide bonds. The SMILES string of the molecule is C(OCC1CO1)C1CO1.c1ccc(-c2ccc3c(c2-c2ccccc2)Cc2ccccc2-3)cc1. The third kappa shape index (κ3) is 4.69. The van der Waals surface area contributed by atoms with Crippen molar-refractivity contribution in [2.24, 2.45) is 0 Å². The molecule has 34 heavy (non-hydrogen) atoms. The average Bonchev–Trinajstić information content (AvgIpc) is 3.84. The van der Waals surface area contributed by atoms with Crippen molar-refractivity contribution in [3.05, 3.63) is 108 Å². The highest BCUT2D eigenvalue weighted by molar-refractivity contribution is 5.93. The van der Waals surface area contributed by atoms with E-state index in [1.807, 2.05) is 0 Å². The Kier molecular flexibility index (Phi) is 5.99. The van der Waals surface area contributed by atoms with Gasteiger partial charge in [-0.05, 0) is 50.9 Å². The molecular weight excluding hydrogens is 420 g/mol. The zero-order chi connectivity index (χ0) is 22.7. The number of hydrogen-bond acceptors (Lipinski definition) is 3. The third-order valence-electron chi connectivity index (χ3n) is 6.55. The van der Waals surface area contributed by atoms with E-state index in [1.54, 1.807) is 0 Å². The number of benzene rings is 4. The summed E-state index contributed by atoms with van der Waals surface area (Å²) in [6, 6.07) is 34.9. The maximum atomic E-state index is 5.23. The Morgan fingerprint density at radius 1 is 0.588 bits per heavy atom. The van der Waals surface area contributed by atoms with Crippen molar-refractivity contribution in [3.63, 3.8) is 0 Å². The largest absolute Gasteiger partial charge is 0.376 e. The van der Waals surface area contributed by atoms with Crippen molar-refractivity contribution in [3.8, 4) is 33.4 Å². The van der Waals surface area contributed by atoms with Crippen molar-refractivity contribution in [1.82, 2.24) is 0 Å². The fourth-order valence-corrected chi connectivity index (χ4v) is 4.66. The highest BCUT2D eigenvalue weighted by atomic mass is 16.6. The van der Waals surface area contributed by atoms with Gasteiger partial charge in [-0.3, -0.25) is 0 Å². The number of ether oxygens (including phenoxy) is 3. The lowest BCUT2D eigenvalue weighted by Gasteiger charge is -2.16. The summed E-state index contributed by atoms with van der Waals surface area (Å²) in [7, 11) is 0. The number of hydrogen-bond donors (Lipinski definition) is 0. The molecule has 3 aliphatic rings. The van der Waals surface area contributed by atoms with Gasteiger partial charge in [-0.2, -0.15) is 0 Å². The fraction of sp³-hybridized carbons (Fsp3) is 0.226. The minimum absolute atomic E-state index is 0.392. The third-order valence-corrected chi connectivity index (χ3v) is 6.55. The Bertz CT molecular complexity index is 1250. The molecular formula is C31H28O3. The van der Waals surface area contributed by atoms with E-state index < -0.39 is 0 Å². The zero-order valence-electron chi connectivity index (χ0n) is 19.2. The molecule has 1 aliphatic carbocycles. The molecule has 0 aromatic heterocycles. The fourth-order valence-electron chi connectivity index (χ4n) is 4.66. The molecule has 0 radical (unpaired) electrons. The molecule has 3 nitrogen and oxygen atoms in total. The van der Waals surface area contributed by atoms with Crippen LogP contribution in [0.15, 0.2) is 97.1 Å². The van der Waals surface area contributed by atoms with Crippen molar-refractivity contribution in [2.45, 2.75) is 18.6 Å². The monoisotopic (exact) mass is 448 g/mol. The maximum Gasteiger partial charge on any atom is 0.104 e. The first kappa shape index (κ1) is 21.3. The molecule has 2 unspecified atom stereocenters. The van der Waals surface area contributed by atoms with Crippen molar-refractivity contribution in [2.75, 3.05) is 26.4 Å². The summed E-state index contributed by atoms with van der Waals surface area (Å²) in [5.74, 6) is 0. The molecule has 0 saturated carbocycles. The summed E-state index contributed by atoms with van der Waals surface area (Å²) < 4.78 is 15.1. The molecule has 170 valence electrons. The molecule has 2 atom stereocenters. The van der Waals surface area contributed by atoms with Crippen LogP contribution in [0.3, 0.4) is 0 Å². The van der Waals surface area contributed by atoms with Gasteiger partial charge < -0.3 is 14.2 Å². The van der Waals surface area contributed by atoms with Gasteiger partial charge in [0.05, 0.1) is 26.4 Å². The summed E-state index contributed by atoms with van der Waals surface area (Å²) in [6.07, 6.45) is 1.80. The highest BCUT2D eigenvalue weighted by Gasteiger charge is 2.26. The van der Waals surface area contributed by atoms with Gasteiger partial charge in [0.15, 0.2) is 0 Å². The summed E-state index contributed by atoms with van der Waals surface area (Å²) in [6.45, 7) is 3.26. The van der Waals surface area contributed by atoms with Gasteiger partial charge in [-0.1, -0.05) is 97.1 Å². The zero-order valence-corrected chi connectivity index (χ0v) is 19.2. The second-order valence-corrected chi connectivity index (χ2v) is 9.03. The van der Waals surface area contributed by atoms with E-state index >= 15 is 0 Å². The summed E-state index contributed by atoms with van der Waals surface area (Å²) in [5.41, 5.74) is 10.9. The first-order chi connectivity index (χ1) is 16.9. The minimum Gasteiger partial charge on any atom is -0.376 e. The topological polar surface area (TPSA) is 34.3 Å². The molecule has 7 rings (SSSR count). The Labute approximate surface area is 200 Å². The van der Waals surface area contributed by atoms with Crippen LogP contribution in [0.5, 0.6) is 0 Å². The van der Waals surface area contributed by atoms with Gasteiger partial charge in [0.1, 0.15) is 12.2 Å². The molecule has 2 heterocycles. The molecule has 2 fully saturated rings. The second kappa shape index (κ2) is 9.55. The molecule has 3 heteroatoms. The van der Waals surface area contributed by atoms with Crippen molar-refractivity contribution < 1.29 is 14.2 Å². The van der Waals surface area contributed by atoms with Crippen LogP contribution in [0.4, 0.5) is 0 Å². The predicted octanol–water partition coefficient (Wildman–Crippen LogP) is 6.39. The van der Waals surface area contributed by atoms with Gasteiger partial charge >= 0.3 is 0 Å². The van der Waals surface area contributed by atoms with E-state index in [-0.39, 0.29) is 0 Å². The first-order valence-electron chi connectivity index (χ1n) is 12.0. The summed E-state index contributed by atoms with van der Waals surface area (Å²) in [4.78, 5) is 0. The van der Waals surface area contributed by atoms with E-state index in [2.05, 4.69) is 97.1 Å². The Morgan fingerprint density at radius 3 is 1.79 bits per heavy atom. The molecule has 4 aromatic carbocycles. The van der Waals surface area contributed by atoms with Gasteiger partial charge in [0.25, 0.3) is 0 Å². The normalized spacial score (nSPS) is 18.9. The molecule has 0 bridgehead atoms. The van der Waals surface area contributed by atoms with Crippen LogP contribution in [0, 0.1) is 0 Å². The summed E-state index contributed by atoms with van der Waals surface area (Å²) >= 11 is 0. The quantitative estimate of drug-likeness (QED) is 0.282. The van der Waals surface area contributed by atoms with Crippen LogP contribution < -0.4 is 0 Å². The van der Waals surface area contributed by atoms with E-state index in [4.69, 9.17) is 14.2 Å². The van der Waals surface area contributed by atoms with Crippen LogP contribution >= 0.6 is 0 Å². The van der Waals surface area contributed by atoms with Crippen LogP contribution in [0.2, 0.25) is 0 Å². The summed E-state index contributed by atoms with van der Waals surface area (Å²) in [5, 5.41) is 0. The molecule has 0 N–H and O–H groups in total. The van der Waals surface area contributed by atoms with E-state index in [0.717, 1.165) is 32.8 Å². The Morgan fingerprint density at radius 2 is 1.15 bits per heavy atom. The standard InChI is InChI=1S/C25H18.C6H10O3/c1-3-9-18(10-4-1)22-15-16-23-21-14-8-7-13-20(21)17-24(23)25(22)19-11-5-2-6-12-19;1(5-3-8-5)7-2-6-4-9-6/h1-16H,17H2;5-6H,1-4H2. The van der Waals surface area contributed by atoms with Crippen LogP contribution in [0.25, 0.3) is 33.4 Å². The van der Waals surface area contributed by atoms with Crippen LogP contribution in [-0.2, 0) is 20.6 Å². The molecule has 2 saturated heterocycles. The van der Waals surface area contributed by atoms with E-state index in [9.17, 15) is 0 Å². The molecule has 0 spiro atoms. The van der Waals surface area contributed by atoms with Crippen LogP contribution in [0.1, 0.15) is 11.1 Å². The van der Waals surface area contributed by atoms with Gasteiger partial charge in [0, 0.05) is 0 Å². The number of rotatable bonds is 6. The number of fused-ring (bicyclic) bond motifs is 3. The maximum absolute atomic E-state index is 5.23. The number of epoxide rings is 2. The van der Waals surface area contributed by atoms with Crippen molar-refractivity contribution >= 4 is 0 Å². The minimum atomic E-state index is 0.392. The lowest BCUT2D eigenvalue weighted by atomic mass is 9.88. The van der Waals surface area contributed by atoms with E-state index in [0.29, 0.717) is 12.2 Å². The van der Waals surface area contributed by atoms with Gasteiger partial charge in [0.2, 0.25) is 0 Å². The van der Waals surface area contributed by atoms with Gasteiger partial charge in [-0.15, -0.1) is 0 Å². The van der Waals surface area contributed by atoms with E-state index in [1.165, 1.54) is 44.5 Å². The molecule has 4 aromatic rings. The van der Waals surface area contributed by atoms with Crippen molar-refractivity contribution in [1.29, 1.82) is 0 Å². The van der Waals surface area contributed by atoms with Gasteiger partial charge in [-0.25, -0.2) is 0 Å². The Hall–Kier alpha value is -3.24.